The SMILES string of the molecule is CN(c1ccc(C#N)c(Cl)c1)C1CCC(NC(=O)c2ccc(N3CCC(N4CC(CN5Cc6cc7c(cc6C5)C(=O)N(C5CCC(=O)NC5=O)C7=O)C4)CC3)cc2)CC1. The summed E-state index contributed by atoms with van der Waals surface area (Å²) in [5, 5.41) is 15.2. The molecule has 306 valence electrons. The lowest BCUT2D eigenvalue weighted by molar-refractivity contribution is -0.136. The lowest BCUT2D eigenvalue weighted by Gasteiger charge is -2.48. The minimum Gasteiger partial charge on any atom is -0.372 e. The number of carbonyl (C=O) groups is 5. The number of hydrogen-bond acceptors (Lipinski definition) is 10. The lowest BCUT2D eigenvalue weighted by Crippen LogP contribution is -2.57. The molecule has 6 aliphatic rings. The first-order valence-electron chi connectivity index (χ1n) is 20.9. The number of anilines is 2. The molecule has 0 bridgehead atoms. The number of rotatable bonds is 9. The van der Waals surface area contributed by atoms with Crippen molar-refractivity contribution in [3.63, 3.8) is 0 Å². The van der Waals surface area contributed by atoms with Crippen molar-refractivity contribution in [2.45, 2.75) is 88.6 Å². The van der Waals surface area contributed by atoms with Gasteiger partial charge in [0.1, 0.15) is 12.1 Å². The van der Waals surface area contributed by atoms with E-state index >= 15 is 0 Å². The first-order valence-corrected chi connectivity index (χ1v) is 21.3. The number of nitrogens with zero attached hydrogens (tertiary/aromatic N) is 6. The molecular formula is C45H49ClN8O5. The molecule has 1 saturated carbocycles. The zero-order chi connectivity index (χ0) is 40.9. The van der Waals surface area contributed by atoms with Crippen molar-refractivity contribution in [1.29, 1.82) is 5.26 Å². The molecule has 3 aromatic carbocycles. The van der Waals surface area contributed by atoms with Crippen LogP contribution in [0, 0.1) is 17.2 Å². The highest BCUT2D eigenvalue weighted by atomic mass is 35.5. The minimum absolute atomic E-state index is 0.0247. The minimum atomic E-state index is -0.951. The van der Waals surface area contributed by atoms with E-state index in [0.717, 1.165) is 112 Å². The molecule has 14 heteroatoms. The van der Waals surface area contributed by atoms with Gasteiger partial charge in [-0.3, -0.25) is 44.0 Å². The van der Waals surface area contributed by atoms with Crippen molar-refractivity contribution in [2.24, 2.45) is 5.92 Å². The maximum atomic E-state index is 13.3. The van der Waals surface area contributed by atoms with E-state index in [0.29, 0.717) is 45.3 Å². The van der Waals surface area contributed by atoms with E-state index in [-0.39, 0.29) is 30.7 Å². The van der Waals surface area contributed by atoms with Gasteiger partial charge in [-0.05, 0) is 117 Å². The Balaban J connectivity index is 0.692. The number of hydrogen-bond donors (Lipinski definition) is 2. The average molecular weight is 817 g/mol. The van der Waals surface area contributed by atoms with Gasteiger partial charge in [0.05, 0.1) is 21.7 Å². The molecule has 3 saturated heterocycles. The van der Waals surface area contributed by atoms with Crippen LogP contribution in [0.5, 0.6) is 0 Å². The Hall–Kier alpha value is -5.29. The Labute approximate surface area is 349 Å². The van der Waals surface area contributed by atoms with E-state index in [4.69, 9.17) is 11.6 Å². The number of halogens is 1. The van der Waals surface area contributed by atoms with Gasteiger partial charge >= 0.3 is 0 Å². The molecule has 13 nitrogen and oxygen atoms in total. The highest BCUT2D eigenvalue weighted by Crippen LogP contribution is 2.36. The van der Waals surface area contributed by atoms with Crippen LogP contribution >= 0.6 is 11.6 Å². The quantitative estimate of drug-likeness (QED) is 0.291. The van der Waals surface area contributed by atoms with Gasteiger partial charge in [0.2, 0.25) is 11.8 Å². The largest absolute Gasteiger partial charge is 0.372 e. The molecule has 3 aromatic rings. The standard InChI is InChI=1S/C45H49ClN8O5/c1-50(36-9-4-29(21-47)39(46)20-36)33-10-5-32(6-11-33)48-42(56)28-2-7-34(8-3-28)52-16-14-35(15-17-52)53-23-27(24-53)22-51-25-30-18-37-38(19-31(30)26-51)45(59)54(44(37)58)40-12-13-41(55)49-43(40)57/h2-4,7-9,18-20,27,32-33,35,40H,5-6,10-17,22-26H2,1H3,(H,48,56)(H,49,55,57). The summed E-state index contributed by atoms with van der Waals surface area (Å²) in [6, 6.07) is 19.5. The molecular weight excluding hydrogens is 768 g/mol. The zero-order valence-corrected chi connectivity index (χ0v) is 34.0. The summed E-state index contributed by atoms with van der Waals surface area (Å²) in [7, 11) is 2.06. The topological polar surface area (TPSA) is 149 Å². The molecule has 9 rings (SSSR count). The van der Waals surface area contributed by atoms with Crippen LogP contribution in [0.3, 0.4) is 0 Å². The fraction of sp³-hybridized carbons (Fsp3) is 0.467. The van der Waals surface area contributed by atoms with Crippen molar-refractivity contribution < 1.29 is 24.0 Å². The molecule has 1 atom stereocenters. The molecule has 2 N–H and O–H groups in total. The smallest absolute Gasteiger partial charge is 0.262 e. The van der Waals surface area contributed by atoms with Crippen LogP contribution in [0.25, 0.3) is 0 Å². The predicted molar refractivity (Wildman–Crippen MR) is 222 cm³/mol. The van der Waals surface area contributed by atoms with E-state index in [1.807, 2.05) is 36.4 Å². The van der Waals surface area contributed by atoms with Crippen molar-refractivity contribution >= 4 is 52.5 Å². The molecule has 5 amide bonds. The van der Waals surface area contributed by atoms with E-state index in [1.165, 1.54) is 0 Å². The van der Waals surface area contributed by atoms with Gasteiger partial charge in [-0.2, -0.15) is 5.26 Å². The average Bonchev–Trinajstić information content (AvgIpc) is 3.74. The third-order valence-corrected chi connectivity index (χ3v) is 13.9. The van der Waals surface area contributed by atoms with Gasteiger partial charge in [-0.15, -0.1) is 0 Å². The van der Waals surface area contributed by atoms with Gasteiger partial charge in [-0.25, -0.2) is 0 Å². The highest BCUT2D eigenvalue weighted by Gasteiger charge is 2.46. The Bertz CT molecular complexity index is 2190. The van der Waals surface area contributed by atoms with E-state index in [9.17, 15) is 29.2 Å². The van der Waals surface area contributed by atoms with Gasteiger partial charge < -0.3 is 15.1 Å². The lowest BCUT2D eigenvalue weighted by atomic mass is 9.90. The summed E-state index contributed by atoms with van der Waals surface area (Å²) in [5.41, 5.74) is 6.13. The summed E-state index contributed by atoms with van der Waals surface area (Å²) in [6.07, 6.45) is 6.21. The van der Waals surface area contributed by atoms with Crippen molar-refractivity contribution in [1.82, 2.24) is 25.3 Å². The Morgan fingerprint density at radius 1 is 0.881 bits per heavy atom. The maximum Gasteiger partial charge on any atom is 0.262 e. The number of imide groups is 2. The monoisotopic (exact) mass is 816 g/mol. The van der Waals surface area contributed by atoms with Crippen LogP contribution in [0.4, 0.5) is 11.4 Å². The van der Waals surface area contributed by atoms with Crippen LogP contribution in [-0.4, -0.2) is 108 Å². The second-order valence-corrected chi connectivity index (χ2v) is 17.6. The summed E-state index contributed by atoms with van der Waals surface area (Å²) in [6.45, 7) is 6.53. The highest BCUT2D eigenvalue weighted by molar-refractivity contribution is 6.32. The van der Waals surface area contributed by atoms with Gasteiger partial charge in [-0.1, -0.05) is 11.6 Å². The predicted octanol–water partition coefficient (Wildman–Crippen LogP) is 4.71. The number of fused-ring (bicyclic) bond motifs is 2. The number of nitrogens with one attached hydrogen (secondary N) is 2. The molecule has 5 aliphatic heterocycles. The molecule has 4 fully saturated rings. The summed E-state index contributed by atoms with van der Waals surface area (Å²) in [4.78, 5) is 74.6. The van der Waals surface area contributed by atoms with Crippen LogP contribution in [-0.2, 0) is 22.7 Å². The van der Waals surface area contributed by atoms with Crippen molar-refractivity contribution in [3.8, 4) is 6.07 Å². The van der Waals surface area contributed by atoms with Crippen LogP contribution < -0.4 is 20.4 Å². The third-order valence-electron chi connectivity index (χ3n) is 13.6. The summed E-state index contributed by atoms with van der Waals surface area (Å²) < 4.78 is 0. The van der Waals surface area contributed by atoms with E-state index in [1.54, 1.807) is 6.07 Å². The van der Waals surface area contributed by atoms with Gasteiger partial charge in [0, 0.05) is 94.3 Å². The van der Waals surface area contributed by atoms with Crippen molar-refractivity contribution in [2.75, 3.05) is 49.6 Å². The molecule has 59 heavy (non-hydrogen) atoms. The maximum absolute atomic E-state index is 13.3. The number of amides is 5. The normalized spacial score (nSPS) is 24.1. The van der Waals surface area contributed by atoms with Crippen LogP contribution in [0.15, 0.2) is 54.6 Å². The first kappa shape index (κ1) is 39.2. The second kappa shape index (κ2) is 16.0. The molecule has 0 aromatic heterocycles. The fourth-order valence-electron chi connectivity index (χ4n) is 10.2. The summed E-state index contributed by atoms with van der Waals surface area (Å²) in [5.74, 6) is -1.33. The fourth-order valence-corrected chi connectivity index (χ4v) is 10.4. The van der Waals surface area contributed by atoms with Gasteiger partial charge in [0.25, 0.3) is 17.7 Å². The molecule has 0 spiro atoms. The Morgan fingerprint density at radius 2 is 1.54 bits per heavy atom. The van der Waals surface area contributed by atoms with Gasteiger partial charge in [0.15, 0.2) is 0 Å². The second-order valence-electron chi connectivity index (χ2n) is 17.2. The summed E-state index contributed by atoms with van der Waals surface area (Å²) >= 11 is 6.28. The first-order chi connectivity index (χ1) is 28.5. The molecule has 0 radical (unpaired) electrons. The number of likely N-dealkylation sites (tertiary alicyclic amines) is 1. The number of benzene rings is 3. The number of piperidine rings is 2. The Morgan fingerprint density at radius 3 is 2.15 bits per heavy atom. The van der Waals surface area contributed by atoms with E-state index < -0.39 is 23.8 Å². The zero-order valence-electron chi connectivity index (χ0n) is 33.3. The van der Waals surface area contributed by atoms with Crippen LogP contribution in [0.1, 0.15) is 99.1 Å². The Kier molecular flexibility index (Phi) is 10.7. The molecule has 1 aliphatic carbocycles. The van der Waals surface area contributed by atoms with Crippen LogP contribution in [0.2, 0.25) is 5.02 Å². The van der Waals surface area contributed by atoms with E-state index in [2.05, 4.69) is 55.5 Å². The number of carbonyl (C=O) groups excluding carboxylic acids is 5. The third kappa shape index (κ3) is 7.70. The molecule has 1 unspecified atom stereocenters. The van der Waals surface area contributed by atoms with Crippen molar-refractivity contribution in [3.05, 3.63) is 93.0 Å². The molecule has 5 heterocycles. The number of nitriles is 1.